The van der Waals surface area contributed by atoms with Gasteiger partial charge in [0, 0.05) is 30.9 Å². The minimum Gasteiger partial charge on any atom is -0.334 e. The first-order valence-electron chi connectivity index (χ1n) is 9.47. The number of hydrogen-bond acceptors (Lipinski definition) is 4. The summed E-state index contributed by atoms with van der Waals surface area (Å²) in [6.45, 7) is 4.82. The molecule has 1 aliphatic rings. The number of amides is 1. The predicted molar refractivity (Wildman–Crippen MR) is 109 cm³/mol. The lowest BCUT2D eigenvalue weighted by Crippen LogP contribution is -2.41. The van der Waals surface area contributed by atoms with Crippen molar-refractivity contribution < 1.29 is 4.79 Å². The van der Waals surface area contributed by atoms with E-state index < -0.39 is 0 Å². The number of carbonyl (C=O) groups is 1. The predicted octanol–water partition coefficient (Wildman–Crippen LogP) is 3.81. The van der Waals surface area contributed by atoms with E-state index in [1.807, 2.05) is 58.4 Å². The molecule has 6 heteroatoms. The van der Waals surface area contributed by atoms with Crippen LogP contribution < -0.4 is 5.32 Å². The van der Waals surface area contributed by atoms with E-state index >= 15 is 0 Å². The van der Waals surface area contributed by atoms with Gasteiger partial charge >= 0.3 is 0 Å². The molecule has 27 heavy (non-hydrogen) atoms. The summed E-state index contributed by atoms with van der Waals surface area (Å²) < 4.78 is 1.86. The summed E-state index contributed by atoms with van der Waals surface area (Å²) >= 11 is 1.52. The first-order valence-corrected chi connectivity index (χ1v) is 10.3. The number of aromatic nitrogens is 2. The Kier molecular flexibility index (Phi) is 5.36. The molecule has 0 aliphatic carbocycles. The van der Waals surface area contributed by atoms with Gasteiger partial charge in [-0.25, -0.2) is 4.68 Å². The molecule has 1 aliphatic heterocycles. The lowest BCUT2D eigenvalue weighted by molar-refractivity contribution is 0.0697. The van der Waals surface area contributed by atoms with Crippen LogP contribution in [0, 0.1) is 0 Å². The maximum atomic E-state index is 13.1. The first kappa shape index (κ1) is 17.9. The maximum Gasteiger partial charge on any atom is 0.264 e. The minimum atomic E-state index is 0.150. The van der Waals surface area contributed by atoms with Gasteiger partial charge in [0.25, 0.3) is 5.91 Å². The van der Waals surface area contributed by atoms with E-state index in [0.717, 1.165) is 54.2 Å². The van der Waals surface area contributed by atoms with Crippen molar-refractivity contribution in [3.63, 3.8) is 0 Å². The molecule has 0 saturated carbocycles. The second-order valence-corrected chi connectivity index (χ2v) is 7.77. The lowest BCUT2D eigenvalue weighted by atomic mass is 10.1. The minimum absolute atomic E-state index is 0.150. The zero-order chi connectivity index (χ0) is 18.6. The number of benzene rings is 1. The average molecular weight is 381 g/mol. The Morgan fingerprint density at radius 3 is 2.93 bits per heavy atom. The highest BCUT2D eigenvalue weighted by Gasteiger charge is 2.27. The van der Waals surface area contributed by atoms with Gasteiger partial charge in [-0.1, -0.05) is 25.1 Å². The molecule has 3 aromatic rings. The van der Waals surface area contributed by atoms with Gasteiger partial charge in [-0.2, -0.15) is 5.10 Å². The van der Waals surface area contributed by atoms with Crippen LogP contribution in [0.25, 0.3) is 16.8 Å². The van der Waals surface area contributed by atoms with Crippen LogP contribution in [0.4, 0.5) is 0 Å². The Morgan fingerprint density at radius 1 is 1.33 bits per heavy atom. The monoisotopic (exact) mass is 380 g/mol. The van der Waals surface area contributed by atoms with Gasteiger partial charge in [-0.15, -0.1) is 11.3 Å². The van der Waals surface area contributed by atoms with Crippen molar-refractivity contribution in [3.8, 4) is 16.8 Å². The fraction of sp³-hybridized carbons (Fsp3) is 0.333. The largest absolute Gasteiger partial charge is 0.334 e. The van der Waals surface area contributed by atoms with E-state index in [-0.39, 0.29) is 5.91 Å². The van der Waals surface area contributed by atoms with Gasteiger partial charge in [0.15, 0.2) is 0 Å². The van der Waals surface area contributed by atoms with Crippen molar-refractivity contribution in [1.29, 1.82) is 0 Å². The molecule has 1 N–H and O–H groups in total. The van der Waals surface area contributed by atoms with Crippen LogP contribution in [-0.2, 0) is 0 Å². The van der Waals surface area contributed by atoms with Gasteiger partial charge in [0.1, 0.15) is 0 Å². The Balaban J connectivity index is 1.54. The standard InChI is InChI=1S/C21H24N4OS/c1-2-10-24(19-8-9-22-13-19)21(26)20-11-16(15-27-20)17-12-23-25(14-17)18-6-4-3-5-7-18/h3-7,11-12,14-15,19,22H,2,8-10,13H2,1H3. The van der Waals surface area contributed by atoms with Crippen molar-refractivity contribution >= 4 is 17.2 Å². The van der Waals surface area contributed by atoms with Gasteiger partial charge in [-0.05, 0) is 48.5 Å². The second kappa shape index (κ2) is 8.06. The first-order chi connectivity index (χ1) is 13.3. The fourth-order valence-electron chi connectivity index (χ4n) is 3.53. The number of para-hydroxylation sites is 1. The van der Waals surface area contributed by atoms with Gasteiger partial charge < -0.3 is 10.2 Å². The summed E-state index contributed by atoms with van der Waals surface area (Å²) in [6.07, 6.45) is 5.88. The molecular weight excluding hydrogens is 356 g/mol. The smallest absolute Gasteiger partial charge is 0.264 e. The van der Waals surface area contributed by atoms with E-state index in [1.165, 1.54) is 11.3 Å². The van der Waals surface area contributed by atoms with E-state index in [0.29, 0.717) is 6.04 Å². The summed E-state index contributed by atoms with van der Waals surface area (Å²) in [6, 6.07) is 12.4. The molecule has 1 amide bonds. The zero-order valence-corrected chi connectivity index (χ0v) is 16.3. The van der Waals surface area contributed by atoms with E-state index in [9.17, 15) is 4.79 Å². The summed E-state index contributed by atoms with van der Waals surface area (Å²) in [5.41, 5.74) is 3.10. The third kappa shape index (κ3) is 3.82. The number of hydrogen-bond donors (Lipinski definition) is 1. The summed E-state index contributed by atoms with van der Waals surface area (Å²) in [5, 5.41) is 9.88. The number of carbonyl (C=O) groups excluding carboxylic acids is 1. The summed E-state index contributed by atoms with van der Waals surface area (Å²) in [5.74, 6) is 0.150. The van der Waals surface area contributed by atoms with Crippen molar-refractivity contribution in [1.82, 2.24) is 20.0 Å². The van der Waals surface area contributed by atoms with Crippen LogP contribution in [0.2, 0.25) is 0 Å². The van der Waals surface area contributed by atoms with Crippen LogP contribution in [0.3, 0.4) is 0 Å². The highest BCUT2D eigenvalue weighted by molar-refractivity contribution is 7.12. The number of rotatable bonds is 6. The Hall–Kier alpha value is -2.44. The highest BCUT2D eigenvalue weighted by Crippen LogP contribution is 2.28. The van der Waals surface area contributed by atoms with Crippen molar-refractivity contribution in [2.24, 2.45) is 0 Å². The molecule has 0 radical (unpaired) electrons. The molecule has 1 unspecified atom stereocenters. The van der Waals surface area contributed by atoms with Crippen molar-refractivity contribution in [3.05, 3.63) is 59.0 Å². The van der Waals surface area contributed by atoms with Gasteiger partial charge in [0.05, 0.1) is 16.8 Å². The van der Waals surface area contributed by atoms with Crippen LogP contribution in [0.1, 0.15) is 29.4 Å². The summed E-state index contributed by atoms with van der Waals surface area (Å²) in [7, 11) is 0. The molecule has 1 fully saturated rings. The number of thiophene rings is 1. The molecule has 1 atom stereocenters. The van der Waals surface area contributed by atoms with E-state index in [1.54, 1.807) is 0 Å². The van der Waals surface area contributed by atoms with Crippen LogP contribution in [0.15, 0.2) is 54.2 Å². The van der Waals surface area contributed by atoms with Gasteiger partial charge in [-0.3, -0.25) is 4.79 Å². The van der Waals surface area contributed by atoms with Crippen LogP contribution >= 0.6 is 11.3 Å². The molecule has 3 heterocycles. The molecular formula is C21H24N4OS. The molecule has 1 aromatic carbocycles. The van der Waals surface area contributed by atoms with E-state index in [4.69, 9.17) is 0 Å². The Morgan fingerprint density at radius 2 is 2.19 bits per heavy atom. The highest BCUT2D eigenvalue weighted by atomic mass is 32.1. The second-order valence-electron chi connectivity index (χ2n) is 6.85. The van der Waals surface area contributed by atoms with Crippen LogP contribution in [-0.4, -0.2) is 46.3 Å². The third-order valence-electron chi connectivity index (χ3n) is 4.95. The SMILES string of the molecule is CCCN(C(=O)c1cc(-c2cnn(-c3ccccc3)c2)cs1)C1CCNC1. The molecule has 4 rings (SSSR count). The van der Waals surface area contributed by atoms with E-state index in [2.05, 4.69) is 22.7 Å². The molecule has 0 spiro atoms. The van der Waals surface area contributed by atoms with Gasteiger partial charge in [0.2, 0.25) is 0 Å². The quantitative estimate of drug-likeness (QED) is 0.707. The average Bonchev–Trinajstić information content (AvgIpc) is 3.47. The number of nitrogens with zero attached hydrogens (tertiary/aromatic N) is 3. The number of nitrogens with one attached hydrogen (secondary N) is 1. The third-order valence-corrected chi connectivity index (χ3v) is 5.87. The Bertz CT molecular complexity index is 896. The topological polar surface area (TPSA) is 50.2 Å². The molecule has 140 valence electrons. The summed E-state index contributed by atoms with van der Waals surface area (Å²) in [4.78, 5) is 15.9. The molecule has 5 nitrogen and oxygen atoms in total. The van der Waals surface area contributed by atoms with Crippen molar-refractivity contribution in [2.75, 3.05) is 19.6 Å². The zero-order valence-electron chi connectivity index (χ0n) is 15.5. The molecule has 0 bridgehead atoms. The lowest BCUT2D eigenvalue weighted by Gasteiger charge is -2.27. The molecule has 1 saturated heterocycles. The molecule has 2 aromatic heterocycles. The Labute approximate surface area is 163 Å². The normalized spacial score (nSPS) is 16.6. The fourth-order valence-corrected chi connectivity index (χ4v) is 4.40. The van der Waals surface area contributed by atoms with Crippen molar-refractivity contribution in [2.45, 2.75) is 25.8 Å². The maximum absolute atomic E-state index is 13.1. The van der Waals surface area contributed by atoms with Crippen LogP contribution in [0.5, 0.6) is 0 Å².